The summed E-state index contributed by atoms with van der Waals surface area (Å²) in [5.41, 5.74) is -0.737. The van der Waals surface area contributed by atoms with Crippen LogP contribution < -0.4 is 16.7 Å². The second-order valence-corrected chi connectivity index (χ2v) is 9.16. The number of hydrogen-bond donors (Lipinski definition) is 2. The summed E-state index contributed by atoms with van der Waals surface area (Å²) in [4.78, 5) is 38.6. The van der Waals surface area contributed by atoms with Crippen LogP contribution in [0.1, 0.15) is 11.4 Å². The van der Waals surface area contributed by atoms with Crippen molar-refractivity contribution in [3.05, 3.63) is 103 Å². The zero-order valence-corrected chi connectivity index (χ0v) is 21.4. The average Bonchev–Trinajstić information content (AvgIpc) is 3.29. The van der Waals surface area contributed by atoms with E-state index in [1.807, 2.05) is 0 Å². The third-order valence-electron chi connectivity index (χ3n) is 5.67. The van der Waals surface area contributed by atoms with Crippen molar-refractivity contribution < 1.29 is 13.9 Å². The molecule has 2 N–H and O–H groups in total. The van der Waals surface area contributed by atoms with Crippen LogP contribution in [-0.2, 0) is 19.6 Å². The lowest BCUT2D eigenvalue weighted by atomic mass is 10.2. The fourth-order valence-corrected chi connectivity index (χ4v) is 4.30. The minimum Gasteiger partial charge on any atom is -0.394 e. The molecule has 0 fully saturated rings. The van der Waals surface area contributed by atoms with Crippen molar-refractivity contribution in [2.24, 2.45) is 0 Å². The Hall–Kier alpha value is -4.20. The van der Waals surface area contributed by atoms with Crippen LogP contribution in [0, 0.1) is 11.6 Å². The highest BCUT2D eigenvalue weighted by Crippen LogP contribution is 2.29. The van der Waals surface area contributed by atoms with Crippen LogP contribution >= 0.6 is 23.2 Å². The van der Waals surface area contributed by atoms with Crippen LogP contribution in [0.4, 0.5) is 20.4 Å². The second-order valence-electron chi connectivity index (χ2n) is 8.34. The van der Waals surface area contributed by atoms with E-state index in [9.17, 15) is 23.5 Å². The van der Waals surface area contributed by atoms with Crippen molar-refractivity contribution >= 4 is 45.7 Å². The van der Waals surface area contributed by atoms with Gasteiger partial charge in [0.05, 0.1) is 47.5 Å². The van der Waals surface area contributed by atoms with Gasteiger partial charge < -0.3 is 10.4 Å². The number of fused-ring (bicyclic) bond motifs is 1. The number of rotatable bonds is 8. The molecule has 0 atom stereocenters. The summed E-state index contributed by atoms with van der Waals surface area (Å²) < 4.78 is 31.3. The van der Waals surface area contributed by atoms with Crippen molar-refractivity contribution in [1.82, 2.24) is 33.9 Å². The van der Waals surface area contributed by atoms with Crippen LogP contribution in [0.3, 0.4) is 0 Å². The number of hydrogen-bond acceptors (Lipinski definition) is 8. The van der Waals surface area contributed by atoms with E-state index < -0.39 is 28.0 Å². The summed E-state index contributed by atoms with van der Waals surface area (Å²) in [6.45, 7) is -0.436. The van der Waals surface area contributed by atoms with E-state index in [0.717, 1.165) is 15.2 Å². The molecule has 0 aliphatic heterocycles. The van der Waals surface area contributed by atoms with Crippen molar-refractivity contribution in [3.8, 4) is 0 Å². The van der Waals surface area contributed by atoms with E-state index in [4.69, 9.17) is 23.2 Å². The molecule has 0 unspecified atom stereocenters. The highest BCUT2D eigenvalue weighted by molar-refractivity contribution is 6.34. The monoisotopic (exact) mass is 574 g/mol. The Labute approximate surface area is 227 Å². The Morgan fingerprint density at radius 1 is 0.974 bits per heavy atom. The van der Waals surface area contributed by atoms with E-state index in [0.29, 0.717) is 16.6 Å². The molecular weight excluding hydrogens is 557 g/mol. The summed E-state index contributed by atoms with van der Waals surface area (Å²) in [7, 11) is 0. The molecule has 5 aromatic rings. The van der Waals surface area contributed by atoms with Gasteiger partial charge >= 0.3 is 11.4 Å². The van der Waals surface area contributed by atoms with Gasteiger partial charge in [0.15, 0.2) is 11.6 Å². The number of nitrogens with zero attached hydrogens (tertiary/aromatic N) is 7. The highest BCUT2D eigenvalue weighted by Gasteiger charge is 2.18. The maximum atomic E-state index is 14.1. The first-order chi connectivity index (χ1) is 18.7. The Kier molecular flexibility index (Phi) is 7.37. The number of halogens is 4. The molecule has 0 spiro atoms. The van der Waals surface area contributed by atoms with E-state index in [2.05, 4.69) is 25.4 Å². The molecule has 0 aliphatic rings. The predicted molar refractivity (Wildman–Crippen MR) is 139 cm³/mol. The molecule has 3 aromatic heterocycles. The first-order valence-corrected chi connectivity index (χ1v) is 12.1. The number of benzene rings is 2. The van der Waals surface area contributed by atoms with Crippen molar-refractivity contribution in [3.63, 3.8) is 0 Å². The van der Waals surface area contributed by atoms with Crippen molar-refractivity contribution in [1.29, 1.82) is 0 Å². The second kappa shape index (κ2) is 10.9. The minimum absolute atomic E-state index is 0.110. The quantitative estimate of drug-likeness (QED) is 0.270. The number of aromatic nitrogens is 7. The average molecular weight is 575 g/mol. The molecule has 0 radical (unpaired) electrons. The first kappa shape index (κ1) is 26.4. The van der Waals surface area contributed by atoms with Gasteiger partial charge in [-0.1, -0.05) is 23.2 Å². The molecule has 39 heavy (non-hydrogen) atoms. The maximum absolute atomic E-state index is 14.1. The van der Waals surface area contributed by atoms with E-state index in [1.165, 1.54) is 18.5 Å². The number of nitrogens with one attached hydrogen (secondary N) is 1. The Balaban J connectivity index is 1.61. The molecule has 200 valence electrons. The molecular formula is C24H18Cl2F2N8O3. The molecule has 5 rings (SSSR count). The van der Waals surface area contributed by atoms with Crippen LogP contribution in [0.15, 0.2) is 58.5 Å². The lowest BCUT2D eigenvalue weighted by Crippen LogP contribution is -2.43. The fraction of sp³-hybridized carbons (Fsp3) is 0.167. The molecule has 15 heteroatoms. The summed E-state index contributed by atoms with van der Waals surface area (Å²) in [5, 5.41) is 16.8. The maximum Gasteiger partial charge on any atom is 0.355 e. The van der Waals surface area contributed by atoms with Gasteiger partial charge in [-0.15, -0.1) is 0 Å². The fourth-order valence-electron chi connectivity index (χ4n) is 3.87. The van der Waals surface area contributed by atoms with E-state index >= 15 is 0 Å². The molecule has 0 saturated heterocycles. The zero-order chi connectivity index (χ0) is 27.7. The van der Waals surface area contributed by atoms with Gasteiger partial charge in [-0.3, -0.25) is 9.25 Å². The standard InChI is InChI=1S/C24H18Cl2F2N8O3/c25-15-9-18-14(11-34(33-18)4-5-37)8-19(15)31-22-32-23(38)36(12-20-29-2-1-3-30-20)24(39)35(22)10-13-6-16(26)21(28)17(27)7-13/h1-3,6-9,11,37H,4-5,10,12H2,(H,31,32,38). The van der Waals surface area contributed by atoms with Crippen LogP contribution in [0.5, 0.6) is 0 Å². The molecule has 3 heterocycles. The Morgan fingerprint density at radius 2 is 1.74 bits per heavy atom. The van der Waals surface area contributed by atoms with Gasteiger partial charge in [0, 0.05) is 24.0 Å². The zero-order valence-electron chi connectivity index (χ0n) is 19.9. The molecule has 0 amide bonds. The van der Waals surface area contributed by atoms with Crippen LogP contribution in [-0.4, -0.2) is 45.6 Å². The first-order valence-electron chi connectivity index (χ1n) is 11.4. The minimum atomic E-state index is -1.22. The normalized spacial score (nSPS) is 11.3. The smallest absolute Gasteiger partial charge is 0.355 e. The Morgan fingerprint density at radius 3 is 2.46 bits per heavy atom. The van der Waals surface area contributed by atoms with Gasteiger partial charge in [0.2, 0.25) is 5.95 Å². The topological polar surface area (TPSA) is 133 Å². The van der Waals surface area contributed by atoms with Crippen molar-refractivity contribution in [2.75, 3.05) is 11.9 Å². The van der Waals surface area contributed by atoms with Gasteiger partial charge in [-0.25, -0.2) is 32.9 Å². The number of aliphatic hydroxyl groups is 1. The SMILES string of the molecule is O=c1nc(Nc2cc3cn(CCO)nc3cc2Cl)n(Cc2cc(F)c(F)c(Cl)c2)c(=O)n1Cc1ncccn1. The summed E-state index contributed by atoms with van der Waals surface area (Å²) in [6, 6.07) is 6.84. The third-order valence-corrected chi connectivity index (χ3v) is 6.26. The van der Waals surface area contributed by atoms with Crippen LogP contribution in [0.2, 0.25) is 10.0 Å². The van der Waals surface area contributed by atoms with Gasteiger partial charge in [-0.2, -0.15) is 10.1 Å². The molecule has 0 aliphatic carbocycles. The number of aliphatic hydroxyl groups excluding tert-OH is 1. The summed E-state index contributed by atoms with van der Waals surface area (Å²) >= 11 is 12.3. The number of anilines is 2. The third kappa shape index (κ3) is 5.50. The van der Waals surface area contributed by atoms with E-state index in [-0.39, 0.29) is 48.6 Å². The molecule has 11 nitrogen and oxygen atoms in total. The lowest BCUT2D eigenvalue weighted by Gasteiger charge is -2.16. The summed E-state index contributed by atoms with van der Waals surface area (Å²) in [5.74, 6) is -2.44. The van der Waals surface area contributed by atoms with Crippen molar-refractivity contribution in [2.45, 2.75) is 19.6 Å². The van der Waals surface area contributed by atoms with Crippen LogP contribution in [0.25, 0.3) is 10.9 Å². The van der Waals surface area contributed by atoms with Gasteiger partial charge in [0.25, 0.3) is 0 Å². The molecule has 0 bridgehead atoms. The largest absolute Gasteiger partial charge is 0.394 e. The predicted octanol–water partition coefficient (Wildman–Crippen LogP) is 2.96. The van der Waals surface area contributed by atoms with Gasteiger partial charge in [0.1, 0.15) is 5.82 Å². The highest BCUT2D eigenvalue weighted by atomic mass is 35.5. The lowest BCUT2D eigenvalue weighted by molar-refractivity contribution is 0.270. The Bertz CT molecular complexity index is 1780. The summed E-state index contributed by atoms with van der Waals surface area (Å²) in [6.07, 6.45) is 4.60. The molecule has 2 aromatic carbocycles. The van der Waals surface area contributed by atoms with Gasteiger partial charge in [-0.05, 0) is 35.9 Å². The van der Waals surface area contributed by atoms with E-state index in [1.54, 1.807) is 29.1 Å². The molecule has 0 saturated carbocycles.